The van der Waals surface area contributed by atoms with Crippen molar-refractivity contribution in [3.63, 3.8) is 0 Å². The molecule has 0 spiro atoms. The molecule has 2 aromatic rings. The fraction of sp³-hybridized carbons (Fsp3) is 0.550. The molecule has 1 aliphatic heterocycles. The summed E-state index contributed by atoms with van der Waals surface area (Å²) < 4.78 is 13.1. The molecule has 1 saturated heterocycles. The van der Waals surface area contributed by atoms with E-state index in [0.717, 1.165) is 51.7 Å². The molecule has 0 radical (unpaired) electrons. The Bertz CT molecular complexity index is 695. The van der Waals surface area contributed by atoms with Crippen LogP contribution in [0.5, 0.6) is 5.75 Å². The Morgan fingerprint density at radius 3 is 2.81 bits per heavy atom. The molecule has 0 saturated carbocycles. The summed E-state index contributed by atoms with van der Waals surface area (Å²) in [6.45, 7) is 10.5. The molecule has 1 aromatic carbocycles. The molecule has 1 aromatic heterocycles. The summed E-state index contributed by atoms with van der Waals surface area (Å²) in [5.74, 6) is 0.956. The number of hydrogen-bond acceptors (Lipinski definition) is 5. The fourth-order valence-corrected chi connectivity index (χ4v) is 3.42. The molecule has 1 atom stereocenters. The summed E-state index contributed by atoms with van der Waals surface area (Å²) in [4.78, 5) is 2.42. The molecular formula is C20H30N4O2. The van der Waals surface area contributed by atoms with E-state index in [1.54, 1.807) is 7.11 Å². The van der Waals surface area contributed by atoms with Gasteiger partial charge in [0.1, 0.15) is 5.75 Å². The monoisotopic (exact) mass is 358 g/mol. The van der Waals surface area contributed by atoms with Gasteiger partial charge in [0.25, 0.3) is 0 Å². The molecule has 1 unspecified atom stereocenters. The number of nitrogens with zero attached hydrogens (tertiary/aromatic N) is 3. The van der Waals surface area contributed by atoms with E-state index in [2.05, 4.69) is 53.4 Å². The van der Waals surface area contributed by atoms with E-state index in [1.165, 1.54) is 16.8 Å². The van der Waals surface area contributed by atoms with Crippen molar-refractivity contribution < 1.29 is 9.47 Å². The zero-order valence-electron chi connectivity index (χ0n) is 16.1. The largest absolute Gasteiger partial charge is 0.496 e. The zero-order chi connectivity index (χ0) is 18.4. The van der Waals surface area contributed by atoms with Crippen molar-refractivity contribution in [3.05, 3.63) is 47.3 Å². The molecule has 1 fully saturated rings. The summed E-state index contributed by atoms with van der Waals surface area (Å²) in [7, 11) is 1.74. The lowest BCUT2D eigenvalue weighted by molar-refractivity contribution is 0.0339. The summed E-state index contributed by atoms with van der Waals surface area (Å²) in [5.41, 5.74) is 3.72. The first-order valence-electron chi connectivity index (χ1n) is 9.42. The van der Waals surface area contributed by atoms with Crippen molar-refractivity contribution in [2.45, 2.75) is 39.5 Å². The number of nitrogens with one attached hydrogen (secondary N) is 1. The lowest BCUT2D eigenvalue weighted by Crippen LogP contribution is -2.35. The highest BCUT2D eigenvalue weighted by atomic mass is 16.5. The molecule has 1 N–H and O–H groups in total. The van der Waals surface area contributed by atoms with E-state index >= 15 is 0 Å². The number of hydrogen-bond donors (Lipinski definition) is 1. The lowest BCUT2D eigenvalue weighted by Gasteiger charge is -2.27. The Labute approximate surface area is 156 Å². The molecule has 142 valence electrons. The number of aryl methyl sites for hydroxylation is 1. The summed E-state index contributed by atoms with van der Waals surface area (Å²) in [6, 6.07) is 8.80. The van der Waals surface area contributed by atoms with Gasteiger partial charge in [-0.25, -0.2) is 0 Å². The first kappa shape index (κ1) is 18.9. The first-order valence-corrected chi connectivity index (χ1v) is 9.42. The third kappa shape index (κ3) is 4.63. The summed E-state index contributed by atoms with van der Waals surface area (Å²) >= 11 is 0. The SMILES string of the molecule is CCn1nccc1C(C)NCc1ccc(OC)c(CN2CCOCC2)c1. The van der Waals surface area contributed by atoms with Gasteiger partial charge in [-0.1, -0.05) is 6.07 Å². The van der Waals surface area contributed by atoms with Crippen LogP contribution in [-0.4, -0.2) is 48.1 Å². The average molecular weight is 358 g/mol. The van der Waals surface area contributed by atoms with Gasteiger partial charge in [0.05, 0.1) is 26.0 Å². The van der Waals surface area contributed by atoms with Crippen molar-refractivity contribution in [3.8, 4) is 5.75 Å². The molecule has 0 amide bonds. The maximum Gasteiger partial charge on any atom is 0.123 e. The van der Waals surface area contributed by atoms with Crippen molar-refractivity contribution >= 4 is 0 Å². The van der Waals surface area contributed by atoms with Crippen LogP contribution in [0, 0.1) is 0 Å². The number of aromatic nitrogens is 2. The Kier molecular flexibility index (Phi) is 6.66. The van der Waals surface area contributed by atoms with Gasteiger partial charge in [0.15, 0.2) is 0 Å². The van der Waals surface area contributed by atoms with E-state index in [1.807, 2.05) is 10.9 Å². The van der Waals surface area contributed by atoms with Gasteiger partial charge in [-0.15, -0.1) is 0 Å². The third-order valence-electron chi connectivity index (χ3n) is 4.95. The minimum absolute atomic E-state index is 0.252. The molecule has 6 heteroatoms. The number of benzene rings is 1. The van der Waals surface area contributed by atoms with Crippen molar-refractivity contribution in [1.82, 2.24) is 20.0 Å². The van der Waals surface area contributed by atoms with Gasteiger partial charge >= 0.3 is 0 Å². The van der Waals surface area contributed by atoms with Gasteiger partial charge < -0.3 is 14.8 Å². The summed E-state index contributed by atoms with van der Waals surface area (Å²) in [6.07, 6.45) is 1.87. The van der Waals surface area contributed by atoms with Crippen LogP contribution < -0.4 is 10.1 Å². The van der Waals surface area contributed by atoms with Crippen molar-refractivity contribution in [2.75, 3.05) is 33.4 Å². The minimum Gasteiger partial charge on any atom is -0.496 e. The Morgan fingerprint density at radius 2 is 2.08 bits per heavy atom. The molecule has 2 heterocycles. The quantitative estimate of drug-likeness (QED) is 0.786. The average Bonchev–Trinajstić information content (AvgIpc) is 3.16. The predicted octanol–water partition coefficient (Wildman–Crippen LogP) is 2.59. The maximum atomic E-state index is 5.57. The number of methoxy groups -OCH3 is 1. The van der Waals surface area contributed by atoms with E-state index in [4.69, 9.17) is 9.47 Å². The van der Waals surface area contributed by atoms with Gasteiger partial charge in [-0.05, 0) is 37.6 Å². The highest BCUT2D eigenvalue weighted by molar-refractivity contribution is 5.37. The van der Waals surface area contributed by atoms with Crippen molar-refractivity contribution in [2.24, 2.45) is 0 Å². The summed E-state index contributed by atoms with van der Waals surface area (Å²) in [5, 5.41) is 7.97. The van der Waals surface area contributed by atoms with E-state index in [-0.39, 0.29) is 6.04 Å². The Balaban J connectivity index is 1.65. The van der Waals surface area contributed by atoms with Gasteiger partial charge in [-0.2, -0.15) is 5.10 Å². The number of ether oxygens (including phenoxy) is 2. The van der Waals surface area contributed by atoms with Crippen LogP contribution in [0.3, 0.4) is 0 Å². The Morgan fingerprint density at radius 1 is 1.27 bits per heavy atom. The zero-order valence-corrected chi connectivity index (χ0v) is 16.1. The topological polar surface area (TPSA) is 51.5 Å². The Hall–Kier alpha value is -1.89. The molecule has 6 nitrogen and oxygen atoms in total. The second kappa shape index (κ2) is 9.16. The van der Waals surface area contributed by atoms with Crippen LogP contribution in [0.15, 0.2) is 30.5 Å². The van der Waals surface area contributed by atoms with Crippen molar-refractivity contribution in [1.29, 1.82) is 0 Å². The van der Waals surface area contributed by atoms with Crippen LogP contribution in [0.2, 0.25) is 0 Å². The molecule has 0 bridgehead atoms. The highest BCUT2D eigenvalue weighted by Gasteiger charge is 2.15. The normalized spacial score (nSPS) is 16.6. The highest BCUT2D eigenvalue weighted by Crippen LogP contribution is 2.23. The fourth-order valence-electron chi connectivity index (χ4n) is 3.42. The molecule has 1 aliphatic rings. The van der Waals surface area contributed by atoms with Gasteiger partial charge in [0, 0.05) is 50.5 Å². The smallest absolute Gasteiger partial charge is 0.123 e. The van der Waals surface area contributed by atoms with Gasteiger partial charge in [0.2, 0.25) is 0 Å². The second-order valence-corrected chi connectivity index (χ2v) is 6.71. The minimum atomic E-state index is 0.252. The lowest BCUT2D eigenvalue weighted by atomic mass is 10.1. The number of morpholine rings is 1. The van der Waals surface area contributed by atoms with E-state index in [0.29, 0.717) is 0 Å². The third-order valence-corrected chi connectivity index (χ3v) is 4.95. The predicted molar refractivity (Wildman–Crippen MR) is 102 cm³/mol. The van der Waals surface area contributed by atoms with Crippen LogP contribution in [0.1, 0.15) is 36.7 Å². The second-order valence-electron chi connectivity index (χ2n) is 6.71. The molecule has 0 aliphatic carbocycles. The molecular weight excluding hydrogens is 328 g/mol. The first-order chi connectivity index (χ1) is 12.7. The molecule has 3 rings (SSSR count). The van der Waals surface area contributed by atoms with E-state index < -0.39 is 0 Å². The standard InChI is InChI=1S/C20H30N4O2/c1-4-24-19(7-8-22-24)16(2)21-14-17-5-6-20(25-3)18(13-17)15-23-9-11-26-12-10-23/h5-8,13,16,21H,4,9-12,14-15H2,1-3H3. The van der Waals surface area contributed by atoms with Crippen LogP contribution in [0.25, 0.3) is 0 Å². The molecule has 26 heavy (non-hydrogen) atoms. The van der Waals surface area contributed by atoms with Crippen LogP contribution >= 0.6 is 0 Å². The number of rotatable bonds is 8. The van der Waals surface area contributed by atoms with E-state index in [9.17, 15) is 0 Å². The van der Waals surface area contributed by atoms with Crippen LogP contribution in [-0.2, 0) is 24.4 Å². The van der Waals surface area contributed by atoms with Gasteiger partial charge in [-0.3, -0.25) is 9.58 Å². The van der Waals surface area contributed by atoms with Crippen LogP contribution in [0.4, 0.5) is 0 Å². The maximum absolute atomic E-state index is 5.57.